The smallest absolute Gasteiger partial charge is 0.338 e. The first-order valence-electron chi connectivity index (χ1n) is 13.6. The Bertz CT molecular complexity index is 1820. The van der Waals surface area contributed by atoms with Crippen LogP contribution in [-0.4, -0.2) is 47.1 Å². The number of carbonyl (C=O) groups excluding carboxylic acids is 4. The number of hydrogen-bond acceptors (Lipinski definition) is 9. The number of H-pyrrole nitrogens is 1. The van der Waals surface area contributed by atoms with E-state index in [1.165, 1.54) is 16.7 Å². The fourth-order valence-corrected chi connectivity index (χ4v) is 8.05. The maximum absolute atomic E-state index is 13.9. The van der Waals surface area contributed by atoms with Crippen LogP contribution in [0.3, 0.4) is 0 Å². The van der Waals surface area contributed by atoms with Gasteiger partial charge in [0, 0.05) is 21.0 Å². The van der Waals surface area contributed by atoms with Crippen LogP contribution in [0.4, 0.5) is 11.4 Å². The molecule has 6 rings (SSSR count). The molecule has 0 aliphatic carbocycles. The molecule has 4 aromatic rings. The third-order valence-electron chi connectivity index (χ3n) is 7.18. The van der Waals surface area contributed by atoms with Crippen LogP contribution in [0.15, 0.2) is 87.1 Å². The number of imide groups is 1. The van der Waals surface area contributed by atoms with E-state index >= 15 is 0 Å². The van der Waals surface area contributed by atoms with E-state index in [1.54, 1.807) is 73.7 Å². The van der Waals surface area contributed by atoms with Crippen molar-refractivity contribution in [2.75, 3.05) is 23.4 Å². The Balaban J connectivity index is 1.21. The molecular weight excluding hydrogens is 670 g/mol. The molecule has 3 amide bonds. The van der Waals surface area contributed by atoms with Gasteiger partial charge in [0.05, 0.1) is 28.8 Å². The number of fused-ring (bicyclic) bond motifs is 2. The van der Waals surface area contributed by atoms with E-state index in [4.69, 9.17) is 9.47 Å². The van der Waals surface area contributed by atoms with Gasteiger partial charge in [-0.25, -0.2) is 9.69 Å². The van der Waals surface area contributed by atoms with Crippen molar-refractivity contribution in [1.82, 2.24) is 4.98 Å². The Labute approximate surface area is 267 Å². The normalized spacial score (nSPS) is 18.9. The number of halogens is 1. The number of esters is 1. The average molecular weight is 695 g/mol. The van der Waals surface area contributed by atoms with Gasteiger partial charge in [-0.05, 0) is 73.2 Å². The van der Waals surface area contributed by atoms with Crippen LogP contribution in [0.2, 0.25) is 0 Å². The molecule has 1 aromatic heterocycles. The minimum absolute atomic E-state index is 0.266. The number of nitrogens with one attached hydrogen (secondary N) is 2. The second-order valence-corrected chi connectivity index (χ2v) is 13.0. The lowest BCUT2D eigenvalue weighted by atomic mass is 9.83. The zero-order valence-corrected chi connectivity index (χ0v) is 26.3. The SMILES string of the molecule is CCOC(=O)c1ccc(NC(=O)COc2cccc([C@H]3c4sc(=O)[nH]c4SC4C(=O)N(c5ccc(Br)cc5)C(=O)C43)c2)cc1. The second kappa shape index (κ2) is 12.4. The predicted octanol–water partition coefficient (Wildman–Crippen LogP) is 5.19. The zero-order chi connectivity index (χ0) is 31.0. The van der Waals surface area contributed by atoms with Gasteiger partial charge in [-0.1, -0.05) is 51.2 Å². The van der Waals surface area contributed by atoms with E-state index in [0.29, 0.717) is 38.2 Å². The molecule has 13 heteroatoms. The highest BCUT2D eigenvalue weighted by Crippen LogP contribution is 2.53. The van der Waals surface area contributed by atoms with Crippen LogP contribution in [-0.2, 0) is 19.1 Å². The van der Waals surface area contributed by atoms with E-state index in [-0.39, 0.29) is 29.9 Å². The molecule has 1 saturated heterocycles. The van der Waals surface area contributed by atoms with Gasteiger partial charge in [0.2, 0.25) is 11.8 Å². The molecule has 0 bridgehead atoms. The molecule has 0 radical (unpaired) electrons. The highest BCUT2D eigenvalue weighted by atomic mass is 79.9. The number of hydrogen-bond donors (Lipinski definition) is 2. The number of anilines is 2. The molecule has 2 unspecified atom stereocenters. The summed E-state index contributed by atoms with van der Waals surface area (Å²) < 4.78 is 11.6. The number of thiazole rings is 1. The molecular formula is C31H24BrN3O7S2. The van der Waals surface area contributed by atoms with Crippen molar-refractivity contribution >= 4 is 74.1 Å². The summed E-state index contributed by atoms with van der Waals surface area (Å²) >= 11 is 5.62. The maximum Gasteiger partial charge on any atom is 0.338 e. The van der Waals surface area contributed by atoms with E-state index in [2.05, 4.69) is 26.2 Å². The quantitative estimate of drug-likeness (QED) is 0.190. The number of carbonyl (C=O) groups is 4. The molecule has 0 saturated carbocycles. The molecule has 0 spiro atoms. The molecule has 1 fully saturated rings. The molecule has 2 aliphatic heterocycles. The van der Waals surface area contributed by atoms with Crippen molar-refractivity contribution in [1.29, 1.82) is 0 Å². The molecule has 3 heterocycles. The highest BCUT2D eigenvalue weighted by molar-refractivity contribution is 9.10. The molecule has 224 valence electrons. The van der Waals surface area contributed by atoms with Crippen molar-refractivity contribution in [3.8, 4) is 5.75 Å². The third-order valence-corrected chi connectivity index (χ3v) is 10.1. The summed E-state index contributed by atoms with van der Waals surface area (Å²) in [6.45, 7) is 1.69. The fraction of sp³-hybridized carbons (Fsp3) is 0.194. The number of thioether (sulfide) groups is 1. The van der Waals surface area contributed by atoms with Gasteiger partial charge in [0.25, 0.3) is 5.91 Å². The van der Waals surface area contributed by atoms with Crippen LogP contribution in [0.25, 0.3) is 0 Å². The summed E-state index contributed by atoms with van der Waals surface area (Å²) in [7, 11) is 0. The summed E-state index contributed by atoms with van der Waals surface area (Å²) in [6.07, 6.45) is 0. The minimum Gasteiger partial charge on any atom is -0.484 e. The van der Waals surface area contributed by atoms with Gasteiger partial charge in [-0.2, -0.15) is 0 Å². The summed E-state index contributed by atoms with van der Waals surface area (Å²) in [5, 5.41) is 2.57. The monoisotopic (exact) mass is 693 g/mol. The van der Waals surface area contributed by atoms with Crippen molar-refractivity contribution in [3.63, 3.8) is 0 Å². The minimum atomic E-state index is -0.744. The van der Waals surface area contributed by atoms with Crippen LogP contribution in [0.1, 0.15) is 33.6 Å². The number of ether oxygens (including phenoxy) is 2. The van der Waals surface area contributed by atoms with Crippen molar-refractivity contribution in [3.05, 3.63) is 103 Å². The Kier molecular flexibility index (Phi) is 8.43. The average Bonchev–Trinajstić information content (AvgIpc) is 3.51. The zero-order valence-electron chi connectivity index (χ0n) is 23.1. The number of aromatic nitrogens is 1. The predicted molar refractivity (Wildman–Crippen MR) is 170 cm³/mol. The molecule has 3 atom stereocenters. The summed E-state index contributed by atoms with van der Waals surface area (Å²) in [6, 6.07) is 20.3. The van der Waals surface area contributed by atoms with Gasteiger partial charge in [0.1, 0.15) is 11.0 Å². The van der Waals surface area contributed by atoms with Gasteiger partial charge in [-0.15, -0.1) is 0 Å². The number of aromatic amines is 1. The topological polar surface area (TPSA) is 135 Å². The van der Waals surface area contributed by atoms with Crippen LogP contribution in [0.5, 0.6) is 5.75 Å². The second-order valence-electron chi connectivity index (χ2n) is 9.95. The van der Waals surface area contributed by atoms with Crippen LogP contribution < -0.4 is 19.8 Å². The highest BCUT2D eigenvalue weighted by Gasteiger charge is 2.56. The Morgan fingerprint density at radius 2 is 1.75 bits per heavy atom. The number of rotatable bonds is 8. The lowest BCUT2D eigenvalue weighted by Crippen LogP contribution is -2.32. The van der Waals surface area contributed by atoms with Crippen molar-refractivity contribution < 1.29 is 28.7 Å². The first-order chi connectivity index (χ1) is 21.2. The van der Waals surface area contributed by atoms with Gasteiger partial charge in [0.15, 0.2) is 6.61 Å². The maximum atomic E-state index is 13.9. The number of amides is 3. The Morgan fingerprint density at radius 3 is 2.48 bits per heavy atom. The lowest BCUT2D eigenvalue weighted by molar-refractivity contribution is -0.122. The van der Waals surface area contributed by atoms with E-state index in [1.807, 2.05) is 6.07 Å². The summed E-state index contributed by atoms with van der Waals surface area (Å²) in [5.74, 6) is -2.48. The molecule has 10 nitrogen and oxygen atoms in total. The van der Waals surface area contributed by atoms with E-state index in [0.717, 1.165) is 15.8 Å². The molecule has 44 heavy (non-hydrogen) atoms. The van der Waals surface area contributed by atoms with Crippen molar-refractivity contribution in [2.24, 2.45) is 5.92 Å². The van der Waals surface area contributed by atoms with Crippen LogP contribution >= 0.6 is 39.0 Å². The largest absolute Gasteiger partial charge is 0.484 e. The molecule has 3 aromatic carbocycles. The number of nitrogens with zero attached hydrogens (tertiary/aromatic N) is 1. The summed E-state index contributed by atoms with van der Waals surface area (Å²) in [4.78, 5) is 68.8. The van der Waals surface area contributed by atoms with Gasteiger partial charge >= 0.3 is 10.8 Å². The molecule has 2 aliphatic rings. The van der Waals surface area contributed by atoms with Gasteiger partial charge < -0.3 is 19.8 Å². The first kappa shape index (κ1) is 29.9. The third kappa shape index (κ3) is 5.82. The summed E-state index contributed by atoms with van der Waals surface area (Å²) in [5.41, 5.74) is 2.02. The Morgan fingerprint density at radius 1 is 1.00 bits per heavy atom. The van der Waals surface area contributed by atoms with E-state index < -0.39 is 29.0 Å². The first-order valence-corrected chi connectivity index (χ1v) is 16.0. The number of benzene rings is 3. The Hall–Kier alpha value is -4.20. The van der Waals surface area contributed by atoms with Gasteiger partial charge in [-0.3, -0.25) is 19.2 Å². The lowest BCUT2D eigenvalue weighted by Gasteiger charge is -2.30. The van der Waals surface area contributed by atoms with Crippen molar-refractivity contribution in [2.45, 2.75) is 23.1 Å². The van der Waals surface area contributed by atoms with Crippen LogP contribution in [0, 0.1) is 5.92 Å². The standard InChI is InChI=1S/C31H24BrN3O7S2/c1-2-41-30(39)16-6-10-19(11-7-16)33-22(36)15-42-21-5-3-4-17(14-21)23-24-26(43-27-25(23)44-31(40)34-27)29(38)35(28(24)37)20-12-8-18(32)9-13-20/h3-14,23-24,26H,2,15H2,1H3,(H,33,36)(H,34,40)/t23-,24?,26?/m1/s1. The fourth-order valence-electron chi connectivity index (χ4n) is 5.27. The molecule has 2 N–H and O–H groups in total. The van der Waals surface area contributed by atoms with E-state index in [9.17, 15) is 24.0 Å².